The molecule has 4 nitrogen and oxygen atoms in total. The van der Waals surface area contributed by atoms with E-state index in [0.717, 1.165) is 56.3 Å². The van der Waals surface area contributed by atoms with E-state index < -0.39 is 0 Å². The lowest BCUT2D eigenvalue weighted by Crippen LogP contribution is -2.55. The Labute approximate surface area is 156 Å². The highest BCUT2D eigenvalue weighted by atomic mass is 35.5. The zero-order valence-electron chi connectivity index (χ0n) is 15.2. The SMILES string of the molecule is CC(C)=CC(=O)N1CCC[C@H](N2CCN(c3cccc(Cl)c3)CC2)C1. The van der Waals surface area contributed by atoms with Crippen LogP contribution in [0.1, 0.15) is 26.7 Å². The van der Waals surface area contributed by atoms with Gasteiger partial charge >= 0.3 is 0 Å². The molecule has 2 fully saturated rings. The van der Waals surface area contributed by atoms with Crippen LogP contribution in [-0.2, 0) is 4.79 Å². The predicted octanol–water partition coefficient (Wildman–Crippen LogP) is 3.42. The van der Waals surface area contributed by atoms with Crippen LogP contribution in [0.4, 0.5) is 5.69 Å². The van der Waals surface area contributed by atoms with Crippen LogP contribution in [-0.4, -0.2) is 61.0 Å². The molecule has 5 heteroatoms. The van der Waals surface area contributed by atoms with E-state index in [-0.39, 0.29) is 5.91 Å². The van der Waals surface area contributed by atoms with Gasteiger partial charge < -0.3 is 9.80 Å². The number of carbonyl (C=O) groups is 1. The van der Waals surface area contributed by atoms with Crippen molar-refractivity contribution in [2.24, 2.45) is 0 Å². The number of benzene rings is 1. The van der Waals surface area contributed by atoms with Crippen molar-refractivity contribution in [2.75, 3.05) is 44.2 Å². The standard InChI is InChI=1S/C20H28ClN3O/c1-16(2)13-20(25)24-8-4-7-19(15-24)23-11-9-22(10-12-23)18-6-3-5-17(21)14-18/h3,5-6,13-14,19H,4,7-12,15H2,1-2H3/t19-/m0/s1. The van der Waals surface area contributed by atoms with Gasteiger partial charge in [0.2, 0.25) is 5.91 Å². The molecule has 0 spiro atoms. The molecule has 0 aromatic heterocycles. The molecule has 25 heavy (non-hydrogen) atoms. The maximum atomic E-state index is 12.3. The van der Waals surface area contributed by atoms with Crippen LogP contribution in [0.15, 0.2) is 35.9 Å². The average molecular weight is 362 g/mol. The van der Waals surface area contributed by atoms with Gasteiger partial charge in [-0.05, 0) is 44.9 Å². The topological polar surface area (TPSA) is 26.8 Å². The highest BCUT2D eigenvalue weighted by molar-refractivity contribution is 6.30. The van der Waals surface area contributed by atoms with Crippen LogP contribution in [0, 0.1) is 0 Å². The van der Waals surface area contributed by atoms with Gasteiger partial charge in [-0.3, -0.25) is 9.69 Å². The highest BCUT2D eigenvalue weighted by Gasteiger charge is 2.29. The lowest BCUT2D eigenvalue weighted by molar-refractivity contribution is -0.128. The number of hydrogen-bond donors (Lipinski definition) is 0. The summed E-state index contributed by atoms with van der Waals surface area (Å²) in [4.78, 5) is 19.3. The van der Waals surface area contributed by atoms with Crippen LogP contribution in [0.3, 0.4) is 0 Å². The summed E-state index contributed by atoms with van der Waals surface area (Å²) in [6.45, 7) is 9.82. The van der Waals surface area contributed by atoms with Crippen molar-refractivity contribution < 1.29 is 4.79 Å². The number of carbonyl (C=O) groups excluding carboxylic acids is 1. The van der Waals surface area contributed by atoms with Gasteiger partial charge in [-0.2, -0.15) is 0 Å². The Kier molecular flexibility index (Phi) is 6.02. The number of amides is 1. The lowest BCUT2D eigenvalue weighted by atomic mass is 10.0. The summed E-state index contributed by atoms with van der Waals surface area (Å²) >= 11 is 6.12. The Balaban J connectivity index is 1.55. The number of allylic oxidation sites excluding steroid dienone is 1. The first-order valence-electron chi connectivity index (χ1n) is 9.21. The second-order valence-electron chi connectivity index (χ2n) is 7.30. The normalized spacial score (nSPS) is 22.0. The second kappa shape index (κ2) is 8.24. The van der Waals surface area contributed by atoms with Crippen molar-refractivity contribution in [2.45, 2.75) is 32.7 Å². The van der Waals surface area contributed by atoms with Crippen LogP contribution in [0.5, 0.6) is 0 Å². The molecule has 1 aromatic rings. The fraction of sp³-hybridized carbons (Fsp3) is 0.550. The molecule has 1 atom stereocenters. The van der Waals surface area contributed by atoms with Crippen molar-refractivity contribution in [3.63, 3.8) is 0 Å². The molecule has 0 unspecified atom stereocenters. The second-order valence-corrected chi connectivity index (χ2v) is 7.74. The summed E-state index contributed by atoms with van der Waals surface area (Å²) in [5, 5.41) is 0.792. The fourth-order valence-corrected chi connectivity index (χ4v) is 3.99. The Morgan fingerprint density at radius 3 is 2.60 bits per heavy atom. The van der Waals surface area contributed by atoms with E-state index in [1.54, 1.807) is 6.08 Å². The first kappa shape index (κ1) is 18.3. The summed E-state index contributed by atoms with van der Waals surface area (Å²) in [5.41, 5.74) is 2.28. The first-order valence-corrected chi connectivity index (χ1v) is 9.59. The smallest absolute Gasteiger partial charge is 0.246 e. The number of piperazine rings is 1. The minimum Gasteiger partial charge on any atom is -0.369 e. The molecule has 0 saturated carbocycles. The van der Waals surface area contributed by atoms with Crippen LogP contribution < -0.4 is 4.90 Å². The van der Waals surface area contributed by atoms with E-state index in [9.17, 15) is 4.79 Å². The largest absolute Gasteiger partial charge is 0.369 e. The van der Waals surface area contributed by atoms with Crippen LogP contribution >= 0.6 is 11.6 Å². The van der Waals surface area contributed by atoms with Crippen molar-refractivity contribution in [3.8, 4) is 0 Å². The molecule has 3 rings (SSSR count). The molecule has 0 N–H and O–H groups in total. The third-order valence-electron chi connectivity index (χ3n) is 5.12. The predicted molar refractivity (Wildman–Crippen MR) is 104 cm³/mol. The van der Waals surface area contributed by atoms with Crippen LogP contribution in [0.25, 0.3) is 0 Å². The fourth-order valence-electron chi connectivity index (χ4n) is 3.81. The van der Waals surface area contributed by atoms with Gasteiger partial charge in [0.25, 0.3) is 0 Å². The number of hydrogen-bond acceptors (Lipinski definition) is 3. The van der Waals surface area contributed by atoms with Gasteiger partial charge in [0.15, 0.2) is 0 Å². The highest BCUT2D eigenvalue weighted by Crippen LogP contribution is 2.23. The number of halogens is 1. The van der Waals surface area contributed by atoms with Crippen LogP contribution in [0.2, 0.25) is 5.02 Å². The molecular weight excluding hydrogens is 334 g/mol. The third kappa shape index (κ3) is 4.77. The summed E-state index contributed by atoms with van der Waals surface area (Å²) in [7, 11) is 0. The minimum atomic E-state index is 0.169. The molecule has 0 radical (unpaired) electrons. The summed E-state index contributed by atoms with van der Waals surface area (Å²) in [6.07, 6.45) is 4.05. The molecule has 1 aromatic carbocycles. The molecule has 2 saturated heterocycles. The number of anilines is 1. The van der Waals surface area contributed by atoms with Gasteiger partial charge in [-0.25, -0.2) is 0 Å². The quantitative estimate of drug-likeness (QED) is 0.772. The average Bonchev–Trinajstić information content (AvgIpc) is 2.61. The molecule has 2 heterocycles. The Hall–Kier alpha value is -1.52. The van der Waals surface area contributed by atoms with Gasteiger partial charge in [-0.15, -0.1) is 0 Å². The molecule has 2 aliphatic rings. The van der Waals surface area contributed by atoms with Gasteiger partial charge in [0.1, 0.15) is 0 Å². The van der Waals surface area contributed by atoms with E-state index in [4.69, 9.17) is 11.6 Å². The van der Waals surface area contributed by atoms with Crippen molar-refractivity contribution in [3.05, 3.63) is 40.9 Å². The van der Waals surface area contributed by atoms with Crippen molar-refractivity contribution >= 4 is 23.2 Å². The molecule has 2 aliphatic heterocycles. The summed E-state index contributed by atoms with van der Waals surface area (Å²) in [6, 6.07) is 8.59. The molecule has 136 valence electrons. The number of piperidine rings is 1. The summed E-state index contributed by atoms with van der Waals surface area (Å²) in [5.74, 6) is 0.169. The monoisotopic (exact) mass is 361 g/mol. The third-order valence-corrected chi connectivity index (χ3v) is 5.36. The molecule has 0 bridgehead atoms. The summed E-state index contributed by atoms with van der Waals surface area (Å²) < 4.78 is 0. The zero-order chi connectivity index (χ0) is 17.8. The van der Waals surface area contributed by atoms with Gasteiger partial charge in [-0.1, -0.05) is 23.2 Å². The molecular formula is C20H28ClN3O. The maximum absolute atomic E-state index is 12.3. The number of rotatable bonds is 3. The van der Waals surface area contributed by atoms with E-state index >= 15 is 0 Å². The Morgan fingerprint density at radius 2 is 1.92 bits per heavy atom. The van der Waals surface area contributed by atoms with E-state index in [0.29, 0.717) is 6.04 Å². The number of nitrogens with zero attached hydrogens (tertiary/aromatic N) is 3. The van der Waals surface area contributed by atoms with E-state index in [2.05, 4.69) is 15.9 Å². The Morgan fingerprint density at radius 1 is 1.16 bits per heavy atom. The van der Waals surface area contributed by atoms with Gasteiger partial charge in [0.05, 0.1) is 0 Å². The van der Waals surface area contributed by atoms with Crippen molar-refractivity contribution in [1.82, 2.24) is 9.80 Å². The lowest BCUT2D eigenvalue weighted by Gasteiger charge is -2.43. The molecule has 1 amide bonds. The number of likely N-dealkylation sites (tertiary alicyclic amines) is 1. The minimum absolute atomic E-state index is 0.169. The van der Waals surface area contributed by atoms with E-state index in [1.165, 1.54) is 12.1 Å². The van der Waals surface area contributed by atoms with E-state index in [1.807, 2.05) is 36.9 Å². The van der Waals surface area contributed by atoms with Crippen molar-refractivity contribution in [1.29, 1.82) is 0 Å². The first-order chi connectivity index (χ1) is 12.0. The van der Waals surface area contributed by atoms with Gasteiger partial charge in [0, 0.05) is 62.1 Å². The Bertz CT molecular complexity index is 634. The maximum Gasteiger partial charge on any atom is 0.246 e. The molecule has 0 aliphatic carbocycles. The zero-order valence-corrected chi connectivity index (χ0v) is 16.0.